The summed E-state index contributed by atoms with van der Waals surface area (Å²) >= 11 is 0. The number of hydrogen-bond acceptors (Lipinski definition) is 10. The van der Waals surface area contributed by atoms with Crippen molar-refractivity contribution in [1.82, 2.24) is 9.99 Å². The number of hydrogen-bond donors (Lipinski definition) is 1. The normalized spacial score (nSPS) is 34.6. The molecule has 1 aromatic rings. The summed E-state index contributed by atoms with van der Waals surface area (Å²) in [5, 5.41) is 2.54. The minimum atomic E-state index is -4.34. The lowest BCUT2D eigenvalue weighted by Crippen LogP contribution is -2.52. The van der Waals surface area contributed by atoms with E-state index in [0.29, 0.717) is 19.3 Å². The number of alkyl halides is 1. The molecule has 12 nitrogen and oxygen atoms in total. The number of rotatable bonds is 3. The van der Waals surface area contributed by atoms with Gasteiger partial charge in [0.25, 0.3) is 0 Å². The highest BCUT2D eigenvalue weighted by atomic mass is 31.2. The molecule has 0 spiro atoms. The van der Waals surface area contributed by atoms with Crippen molar-refractivity contribution in [2.45, 2.75) is 76.1 Å². The van der Waals surface area contributed by atoms with Crippen molar-refractivity contribution < 1.29 is 51.4 Å². The van der Waals surface area contributed by atoms with Gasteiger partial charge in [-0.3, -0.25) is 28.6 Å². The van der Waals surface area contributed by atoms with Crippen LogP contribution >= 0.6 is 7.75 Å². The number of cyclic esters (lactones) is 1. The van der Waals surface area contributed by atoms with Gasteiger partial charge in [-0.15, -0.1) is 0 Å². The number of amides is 1. The third kappa shape index (κ3) is 7.14. The Morgan fingerprint density at radius 1 is 1.12 bits per heavy atom. The van der Waals surface area contributed by atoms with Crippen molar-refractivity contribution in [3.63, 3.8) is 0 Å². The third-order valence-corrected chi connectivity index (χ3v) is 8.22. The Labute approximate surface area is 230 Å². The molecule has 14 heteroatoms. The van der Waals surface area contributed by atoms with Gasteiger partial charge in [-0.05, 0) is 51.3 Å². The monoisotopic (exact) mass is 582 g/mol. The second-order valence-electron chi connectivity index (χ2n) is 9.87. The molecule has 0 aromatic heterocycles. The van der Waals surface area contributed by atoms with Crippen LogP contribution in [0, 0.1) is 0 Å². The molecule has 2 fully saturated rings. The molecule has 0 radical (unpaired) electrons. The first-order valence-corrected chi connectivity index (χ1v) is 14.5. The molecule has 3 aliphatic rings. The van der Waals surface area contributed by atoms with Crippen LogP contribution in [0.3, 0.4) is 0 Å². The summed E-state index contributed by atoms with van der Waals surface area (Å²) in [4.78, 5) is 50.3. The molecule has 0 bridgehead atoms. The number of nitrogens with one attached hydrogen (secondary N) is 1. The Bertz CT molecular complexity index is 1190. The first-order chi connectivity index (χ1) is 19.0. The molecule has 1 aromatic carbocycles. The first-order valence-electron chi connectivity index (χ1n) is 13.0. The molecule has 3 heterocycles. The van der Waals surface area contributed by atoms with Crippen molar-refractivity contribution >= 4 is 31.4 Å². The predicted molar refractivity (Wildman–Crippen MR) is 136 cm³/mol. The smallest absolute Gasteiger partial charge is 0.459 e. The standard InChI is InChI=1S/C26H32FN2O10P/c1-17-24(33)35-14-8-4-7-11-22(32)38-23-20(16-36-40(34,28-17)39-19-9-5-3-6-10-19)37-25(26(23,2)27)29-13-12-18(30)15-21(29)31/h3,5-6,9-10,12-13,17,20,23,25H,4,7-8,11,14-16H2,1-2H3,(H,28,34)/t17-,20+,23+,25+,26+,40-/m0/s1. The van der Waals surface area contributed by atoms with Gasteiger partial charge in [0.15, 0.2) is 23.8 Å². The molecule has 1 N–H and O–H groups in total. The third-order valence-electron chi connectivity index (χ3n) is 6.58. The summed E-state index contributed by atoms with van der Waals surface area (Å²) < 4.78 is 58.0. The zero-order valence-corrected chi connectivity index (χ0v) is 23.0. The number of ketones is 1. The molecule has 218 valence electrons. The van der Waals surface area contributed by atoms with Crippen molar-refractivity contribution in [2.75, 3.05) is 13.2 Å². The van der Waals surface area contributed by atoms with Crippen molar-refractivity contribution in [2.24, 2.45) is 0 Å². The molecule has 0 saturated carbocycles. The number of nitrogens with zero attached hydrogens (tertiary/aromatic N) is 1. The number of fused-ring (bicyclic) bond motifs is 1. The van der Waals surface area contributed by atoms with E-state index in [-0.39, 0.29) is 18.8 Å². The van der Waals surface area contributed by atoms with E-state index in [1.165, 1.54) is 19.1 Å². The molecule has 0 aliphatic carbocycles. The van der Waals surface area contributed by atoms with Crippen molar-refractivity contribution in [1.29, 1.82) is 0 Å². The summed E-state index contributed by atoms with van der Waals surface area (Å²) in [6.45, 7) is 2.00. The second kappa shape index (κ2) is 12.6. The minimum Gasteiger partial charge on any atom is -0.465 e. The Balaban J connectivity index is 1.63. The summed E-state index contributed by atoms with van der Waals surface area (Å²) in [6.07, 6.45) is -1.36. The molecule has 6 atom stereocenters. The lowest BCUT2D eigenvalue weighted by molar-refractivity contribution is -0.159. The number of ether oxygens (including phenoxy) is 3. The molecule has 2 saturated heterocycles. The van der Waals surface area contributed by atoms with Crippen LogP contribution in [-0.2, 0) is 42.5 Å². The number of carbonyl (C=O) groups is 4. The molecule has 3 aliphatic heterocycles. The lowest BCUT2D eigenvalue weighted by Gasteiger charge is -2.33. The largest absolute Gasteiger partial charge is 0.465 e. The van der Waals surface area contributed by atoms with Crippen LogP contribution in [0.4, 0.5) is 4.39 Å². The fourth-order valence-corrected chi connectivity index (χ4v) is 6.00. The van der Waals surface area contributed by atoms with Crippen LogP contribution < -0.4 is 9.61 Å². The maximum atomic E-state index is 16.3. The number of carbonyl (C=O) groups excluding carboxylic acids is 4. The molecule has 4 rings (SSSR count). The maximum Gasteiger partial charge on any atom is 0.459 e. The van der Waals surface area contributed by atoms with Gasteiger partial charge in [0.1, 0.15) is 17.9 Å². The van der Waals surface area contributed by atoms with E-state index in [1.54, 1.807) is 18.2 Å². The van der Waals surface area contributed by atoms with Gasteiger partial charge in [-0.1, -0.05) is 18.2 Å². The van der Waals surface area contributed by atoms with Crippen molar-refractivity contribution in [3.05, 3.63) is 42.6 Å². The number of esters is 2. The van der Waals surface area contributed by atoms with Gasteiger partial charge in [0, 0.05) is 12.6 Å². The van der Waals surface area contributed by atoms with Crippen LogP contribution in [0.25, 0.3) is 0 Å². The Morgan fingerprint density at radius 2 is 1.88 bits per heavy atom. The highest BCUT2D eigenvalue weighted by Gasteiger charge is 2.60. The fraction of sp³-hybridized carbons (Fsp3) is 0.538. The molecular weight excluding hydrogens is 550 g/mol. The van der Waals surface area contributed by atoms with Crippen LogP contribution in [0.2, 0.25) is 0 Å². The predicted octanol–water partition coefficient (Wildman–Crippen LogP) is 2.97. The molecule has 0 unspecified atom stereocenters. The number of allylic oxidation sites excluding steroid dienone is 1. The van der Waals surface area contributed by atoms with E-state index in [0.717, 1.165) is 24.1 Å². The molecule has 1 amide bonds. The fourth-order valence-electron chi connectivity index (χ4n) is 4.50. The van der Waals surface area contributed by atoms with Gasteiger partial charge in [0.2, 0.25) is 5.91 Å². The number of halogens is 1. The average molecular weight is 583 g/mol. The van der Waals surface area contributed by atoms with Crippen molar-refractivity contribution in [3.8, 4) is 5.75 Å². The van der Waals surface area contributed by atoms with Crippen LogP contribution in [0.5, 0.6) is 5.75 Å². The highest BCUT2D eigenvalue weighted by Crippen LogP contribution is 2.47. The summed E-state index contributed by atoms with van der Waals surface area (Å²) in [5.74, 6) is -2.39. The Kier molecular flexibility index (Phi) is 9.40. The SMILES string of the molecule is C[C@@H]1N[P@@](=O)(Oc2ccccc2)OC[C@H]2O[C@@H](N3C=CC(=O)CC3=O)[C@](C)(F)[C@@H]2OC(=O)CCCCCOC1=O. The summed E-state index contributed by atoms with van der Waals surface area (Å²) in [6, 6.07) is 6.93. The first kappa shape index (κ1) is 29.9. The Morgan fingerprint density at radius 3 is 2.60 bits per heavy atom. The Hall–Kier alpha value is -3.12. The van der Waals surface area contributed by atoms with Crippen LogP contribution in [0.1, 0.15) is 46.0 Å². The van der Waals surface area contributed by atoms with Gasteiger partial charge in [0.05, 0.1) is 19.6 Å². The molecule has 40 heavy (non-hydrogen) atoms. The zero-order valence-electron chi connectivity index (χ0n) is 22.2. The summed E-state index contributed by atoms with van der Waals surface area (Å²) in [5.41, 5.74) is -2.44. The van der Waals surface area contributed by atoms with Crippen LogP contribution in [-0.4, -0.2) is 71.9 Å². The van der Waals surface area contributed by atoms with Gasteiger partial charge < -0.3 is 18.7 Å². The number of para-hydroxylation sites is 1. The van der Waals surface area contributed by atoms with Gasteiger partial charge in [-0.25, -0.2) is 8.96 Å². The topological polar surface area (TPSA) is 147 Å². The van der Waals surface area contributed by atoms with E-state index in [9.17, 15) is 23.7 Å². The highest BCUT2D eigenvalue weighted by molar-refractivity contribution is 7.52. The van der Waals surface area contributed by atoms with E-state index < -0.39 is 74.5 Å². The quantitative estimate of drug-likeness (QED) is 0.319. The van der Waals surface area contributed by atoms with E-state index in [2.05, 4.69) is 5.09 Å². The summed E-state index contributed by atoms with van der Waals surface area (Å²) in [7, 11) is -4.34. The van der Waals surface area contributed by atoms with Gasteiger partial charge in [-0.2, -0.15) is 5.09 Å². The van der Waals surface area contributed by atoms with Crippen LogP contribution in [0.15, 0.2) is 42.6 Å². The lowest BCUT2D eigenvalue weighted by atomic mass is 9.97. The average Bonchev–Trinajstić information content (AvgIpc) is 3.14. The maximum absolute atomic E-state index is 16.3. The minimum absolute atomic E-state index is 0.0383. The van der Waals surface area contributed by atoms with E-state index in [4.69, 9.17) is 23.3 Å². The van der Waals surface area contributed by atoms with E-state index in [1.807, 2.05) is 0 Å². The zero-order chi connectivity index (χ0) is 28.9. The van der Waals surface area contributed by atoms with E-state index >= 15 is 4.39 Å². The number of benzene rings is 1. The van der Waals surface area contributed by atoms with Gasteiger partial charge >= 0.3 is 19.7 Å². The second-order valence-corrected chi connectivity index (χ2v) is 11.6. The molecular formula is C26H32FN2O10P.